The number of aromatic hydroxyl groups is 1. The topological polar surface area (TPSA) is 74.8 Å². The van der Waals surface area contributed by atoms with Crippen molar-refractivity contribution in [3.8, 4) is 5.75 Å². The van der Waals surface area contributed by atoms with Crippen LogP contribution in [0, 0.1) is 0 Å². The summed E-state index contributed by atoms with van der Waals surface area (Å²) in [6, 6.07) is 7.27. The predicted octanol–water partition coefficient (Wildman–Crippen LogP) is 2.52. The lowest BCUT2D eigenvalue weighted by atomic mass is 9.92. The molecule has 3 saturated heterocycles. The molecule has 6 heteroatoms. The van der Waals surface area contributed by atoms with Gasteiger partial charge in [-0.3, -0.25) is 0 Å². The summed E-state index contributed by atoms with van der Waals surface area (Å²) in [6.07, 6.45) is 6.43. The first kappa shape index (κ1) is 16.0. The Labute approximate surface area is 144 Å². The molecular weight excluding hydrogens is 328 g/mol. The quantitative estimate of drug-likeness (QED) is 0.797. The molecule has 0 aromatic heterocycles. The van der Waals surface area contributed by atoms with Crippen LogP contribution in [-0.4, -0.2) is 54.1 Å². The van der Waals surface area contributed by atoms with E-state index < -0.39 is 0 Å². The van der Waals surface area contributed by atoms with Crippen LogP contribution in [0.2, 0.25) is 0 Å². The van der Waals surface area contributed by atoms with Gasteiger partial charge in [0, 0.05) is 0 Å². The van der Waals surface area contributed by atoms with E-state index >= 15 is 0 Å². The number of rotatable bonds is 5. The van der Waals surface area contributed by atoms with Crippen LogP contribution in [0.15, 0.2) is 48.3 Å². The van der Waals surface area contributed by atoms with Crippen molar-refractivity contribution < 1.29 is 24.4 Å². The lowest BCUT2D eigenvalue weighted by Gasteiger charge is -2.12. The van der Waals surface area contributed by atoms with Gasteiger partial charge in [0.2, 0.25) is 0 Å². The van der Waals surface area contributed by atoms with E-state index in [4.69, 9.17) is 14.2 Å². The fourth-order valence-corrected chi connectivity index (χ4v) is 3.86. The van der Waals surface area contributed by atoms with Crippen molar-refractivity contribution in [1.82, 2.24) is 0 Å². The van der Waals surface area contributed by atoms with Gasteiger partial charge < -0.3 is 24.4 Å². The fourth-order valence-electron chi connectivity index (χ4n) is 2.60. The zero-order chi connectivity index (χ0) is 16.6. The number of ether oxygens (including phenoxy) is 3. The fraction of sp³-hybridized carbons (Fsp3) is 0.444. The number of benzene rings is 1. The van der Waals surface area contributed by atoms with Crippen molar-refractivity contribution >= 4 is 11.8 Å². The first-order chi connectivity index (χ1) is 11.7. The van der Waals surface area contributed by atoms with Crippen molar-refractivity contribution in [2.24, 2.45) is 0 Å². The van der Waals surface area contributed by atoms with Gasteiger partial charge >= 0.3 is 0 Å². The third-order valence-corrected chi connectivity index (χ3v) is 5.77. The minimum atomic E-state index is -0.0000694. The molecule has 1 aliphatic carbocycles. The van der Waals surface area contributed by atoms with E-state index in [0.29, 0.717) is 23.2 Å². The van der Waals surface area contributed by atoms with Crippen LogP contribution in [-0.2, 0) is 19.0 Å². The van der Waals surface area contributed by atoms with Crippen LogP contribution in [0.25, 0.3) is 0 Å². The first-order valence-electron chi connectivity index (χ1n) is 8.04. The van der Waals surface area contributed by atoms with E-state index in [9.17, 15) is 10.2 Å². The molecule has 4 aliphatic rings. The molecule has 5 rings (SSSR count). The molecule has 0 bridgehead atoms. The summed E-state index contributed by atoms with van der Waals surface area (Å²) in [5, 5.41) is 18.9. The number of aliphatic hydroxyl groups excluding tert-OH is 1. The molecule has 3 heterocycles. The average Bonchev–Trinajstić information content (AvgIpc) is 3.43. The van der Waals surface area contributed by atoms with Crippen molar-refractivity contribution in [3.63, 3.8) is 0 Å². The van der Waals surface area contributed by atoms with Crippen LogP contribution in [0.5, 0.6) is 5.75 Å². The number of fused-ring (bicyclic) bond motifs is 1. The number of hydrogen-bond donors (Lipinski definition) is 2. The Bertz CT molecular complexity index is 636. The highest BCUT2D eigenvalue weighted by atomic mass is 32.2. The number of allylic oxidation sites excluding steroid dienone is 1. The van der Waals surface area contributed by atoms with Gasteiger partial charge in [0.1, 0.15) is 23.7 Å². The second-order valence-corrected chi connectivity index (χ2v) is 7.67. The number of epoxide rings is 2. The van der Waals surface area contributed by atoms with Gasteiger partial charge in [-0.1, -0.05) is 18.2 Å². The Balaban J connectivity index is 0.000000138. The van der Waals surface area contributed by atoms with Gasteiger partial charge in [0.15, 0.2) is 0 Å². The zero-order valence-corrected chi connectivity index (χ0v) is 13.9. The normalized spacial score (nSPS) is 34.5. The number of thioether (sulfide) groups is 1. The van der Waals surface area contributed by atoms with Crippen molar-refractivity contribution in [3.05, 3.63) is 53.8 Å². The Hall–Kier alpha value is -1.47. The summed E-state index contributed by atoms with van der Waals surface area (Å²) in [6.45, 7) is 3.26. The van der Waals surface area contributed by atoms with E-state index in [1.165, 1.54) is 5.56 Å². The molecule has 0 amide bonds. The number of hydrogen-bond acceptors (Lipinski definition) is 6. The second kappa shape index (κ2) is 6.44. The van der Waals surface area contributed by atoms with E-state index in [1.54, 1.807) is 30.0 Å². The maximum absolute atomic E-state index is 9.33. The molecule has 0 spiro atoms. The lowest BCUT2D eigenvalue weighted by Crippen LogP contribution is -2.10. The molecule has 0 radical (unpaired) electrons. The third kappa shape index (κ3) is 3.78. The number of aliphatic hydroxyl groups is 1. The van der Waals surface area contributed by atoms with Crippen LogP contribution < -0.4 is 0 Å². The van der Waals surface area contributed by atoms with Crippen LogP contribution >= 0.6 is 11.8 Å². The predicted molar refractivity (Wildman–Crippen MR) is 91.3 cm³/mol. The minimum Gasteiger partial charge on any atom is -0.508 e. The van der Waals surface area contributed by atoms with E-state index in [2.05, 4.69) is 0 Å². The minimum absolute atomic E-state index is 0.0000694. The Morgan fingerprint density at radius 2 is 1.71 bits per heavy atom. The van der Waals surface area contributed by atoms with Gasteiger partial charge in [0.25, 0.3) is 0 Å². The van der Waals surface area contributed by atoms with Gasteiger partial charge in [-0.2, -0.15) is 0 Å². The second-order valence-electron chi connectivity index (χ2n) is 6.25. The molecule has 1 aromatic rings. The molecule has 2 N–H and O–H groups in total. The zero-order valence-electron chi connectivity index (χ0n) is 13.1. The molecule has 4 atom stereocenters. The smallest absolute Gasteiger partial charge is 0.115 e. The van der Waals surface area contributed by atoms with Crippen molar-refractivity contribution in [2.45, 2.75) is 22.2 Å². The summed E-state index contributed by atoms with van der Waals surface area (Å²) in [5.41, 5.74) is 1.18. The molecular formula is C18H20O5S. The maximum Gasteiger partial charge on any atom is 0.115 e. The van der Waals surface area contributed by atoms with E-state index in [0.717, 1.165) is 26.4 Å². The van der Waals surface area contributed by atoms with Gasteiger partial charge in [-0.05, 0) is 29.8 Å². The summed E-state index contributed by atoms with van der Waals surface area (Å²) in [5.74, 6) is 0.634. The summed E-state index contributed by atoms with van der Waals surface area (Å²) in [7, 11) is 0. The van der Waals surface area contributed by atoms with Gasteiger partial charge in [0.05, 0.1) is 36.4 Å². The number of phenolic OH excluding ortho intramolecular Hbond substituents is 1. The molecule has 3 fully saturated rings. The van der Waals surface area contributed by atoms with Crippen LogP contribution in [0.1, 0.15) is 5.56 Å². The van der Waals surface area contributed by atoms with E-state index in [-0.39, 0.29) is 10.5 Å². The summed E-state index contributed by atoms with van der Waals surface area (Å²) in [4.78, 5) is 0. The first-order valence-corrected chi connectivity index (χ1v) is 8.92. The van der Waals surface area contributed by atoms with Gasteiger partial charge in [-0.15, -0.1) is 11.8 Å². The number of phenols is 1. The van der Waals surface area contributed by atoms with Crippen LogP contribution in [0.4, 0.5) is 0 Å². The summed E-state index contributed by atoms with van der Waals surface area (Å²) >= 11 is 1.80. The van der Waals surface area contributed by atoms with Crippen molar-refractivity contribution in [2.75, 3.05) is 26.4 Å². The average molecular weight is 348 g/mol. The standard InChI is InChI=1S/C12H10O2S.C6H10O3/c13-9-3-1-8(2-4-9)12-6-5-10(14)7-11(12)15-12;1(5-3-8-5)7-2-6-4-9-6/h1-7,11,13-14H;5-6H,1-4H2. The van der Waals surface area contributed by atoms with Gasteiger partial charge in [-0.25, -0.2) is 0 Å². The molecule has 5 nitrogen and oxygen atoms in total. The molecule has 3 aliphatic heterocycles. The SMILES string of the molecule is C(OCC1CO1)C1CO1.OC1=CC2SC2(c2ccc(O)cc2)C=C1. The monoisotopic (exact) mass is 348 g/mol. The van der Waals surface area contributed by atoms with Crippen LogP contribution in [0.3, 0.4) is 0 Å². The summed E-state index contributed by atoms with van der Waals surface area (Å²) < 4.78 is 15.1. The molecule has 128 valence electrons. The highest BCUT2D eigenvalue weighted by molar-refractivity contribution is 8.08. The Kier molecular flexibility index (Phi) is 4.30. The third-order valence-electron chi connectivity index (χ3n) is 4.24. The largest absolute Gasteiger partial charge is 0.508 e. The Morgan fingerprint density at radius 3 is 2.25 bits per heavy atom. The molecule has 24 heavy (non-hydrogen) atoms. The lowest BCUT2D eigenvalue weighted by molar-refractivity contribution is 0.102. The van der Waals surface area contributed by atoms with Crippen molar-refractivity contribution in [1.29, 1.82) is 0 Å². The highest BCUT2D eigenvalue weighted by Crippen LogP contribution is 2.64. The maximum atomic E-state index is 9.33. The molecule has 0 saturated carbocycles. The Morgan fingerprint density at radius 1 is 1.08 bits per heavy atom. The molecule has 4 unspecified atom stereocenters. The van der Waals surface area contributed by atoms with E-state index in [1.807, 2.05) is 24.3 Å². The highest BCUT2D eigenvalue weighted by Gasteiger charge is 2.55. The molecule has 1 aromatic carbocycles.